The summed E-state index contributed by atoms with van der Waals surface area (Å²) in [4.78, 5) is -0.727. The van der Waals surface area contributed by atoms with Crippen LogP contribution in [0.2, 0.25) is 5.02 Å². The minimum Gasteiger partial charge on any atom is -0.398 e. The first-order valence-corrected chi connectivity index (χ1v) is 7.19. The first-order chi connectivity index (χ1) is 9.31. The predicted molar refractivity (Wildman–Crippen MR) is 73.0 cm³/mol. The Morgan fingerprint density at radius 2 is 1.80 bits per heavy atom. The van der Waals surface area contributed by atoms with Crippen LogP contribution in [0.4, 0.5) is 20.2 Å². The number of sulfonamides is 1. The Bertz CT molecular complexity index is 746. The molecule has 2 aromatic rings. The number of nitrogens with one attached hydrogen (secondary N) is 1. The molecule has 3 N–H and O–H groups in total. The number of nitrogen functional groups attached to an aromatic ring is 1. The number of benzene rings is 2. The van der Waals surface area contributed by atoms with Crippen LogP contribution < -0.4 is 10.5 Å². The SMILES string of the molecule is Nc1cccc(F)c1S(=O)(=O)Nc1ccc(Cl)cc1F. The number of nitrogens with two attached hydrogens (primary N) is 1. The summed E-state index contributed by atoms with van der Waals surface area (Å²) in [5.41, 5.74) is 4.83. The summed E-state index contributed by atoms with van der Waals surface area (Å²) < 4.78 is 53.2. The molecule has 0 fully saturated rings. The minimum atomic E-state index is -4.34. The molecule has 0 aliphatic carbocycles. The lowest BCUT2D eigenvalue weighted by Gasteiger charge is -2.11. The molecule has 0 aromatic heterocycles. The molecular formula is C12H9ClF2N2O2S. The van der Waals surface area contributed by atoms with E-state index in [0.29, 0.717) is 0 Å². The standard InChI is InChI=1S/C12H9ClF2N2O2S/c13-7-4-5-11(9(15)6-7)17-20(18,19)12-8(14)2-1-3-10(12)16/h1-6,17H,16H2. The van der Waals surface area contributed by atoms with E-state index in [0.717, 1.165) is 18.2 Å². The van der Waals surface area contributed by atoms with Gasteiger partial charge in [0.2, 0.25) is 0 Å². The van der Waals surface area contributed by atoms with Crippen molar-refractivity contribution in [3.63, 3.8) is 0 Å². The van der Waals surface area contributed by atoms with Crippen molar-refractivity contribution in [3.05, 3.63) is 53.1 Å². The first kappa shape index (κ1) is 14.5. The molecule has 0 radical (unpaired) electrons. The molecule has 0 amide bonds. The molecule has 0 aliphatic rings. The first-order valence-electron chi connectivity index (χ1n) is 5.33. The maximum Gasteiger partial charge on any atom is 0.266 e. The molecule has 0 saturated heterocycles. The molecule has 106 valence electrons. The Hall–Kier alpha value is -1.86. The van der Waals surface area contributed by atoms with E-state index in [-0.39, 0.29) is 16.4 Å². The average Bonchev–Trinajstić information content (AvgIpc) is 2.32. The van der Waals surface area contributed by atoms with Gasteiger partial charge in [0.25, 0.3) is 10.0 Å². The lowest BCUT2D eigenvalue weighted by atomic mass is 10.3. The molecule has 0 unspecified atom stereocenters. The Balaban J connectivity index is 2.46. The molecule has 2 rings (SSSR count). The number of anilines is 2. The normalized spacial score (nSPS) is 11.3. The van der Waals surface area contributed by atoms with E-state index in [2.05, 4.69) is 0 Å². The summed E-state index contributed by atoms with van der Waals surface area (Å²) in [6.07, 6.45) is 0. The highest BCUT2D eigenvalue weighted by Gasteiger charge is 2.23. The van der Waals surface area contributed by atoms with Gasteiger partial charge < -0.3 is 5.73 Å². The molecule has 0 aliphatic heterocycles. The Morgan fingerprint density at radius 1 is 1.10 bits per heavy atom. The second-order valence-corrected chi connectivity index (χ2v) is 5.94. The number of halogens is 3. The largest absolute Gasteiger partial charge is 0.398 e. The maximum atomic E-state index is 13.6. The fourth-order valence-electron chi connectivity index (χ4n) is 1.58. The topological polar surface area (TPSA) is 72.2 Å². The third-order valence-electron chi connectivity index (χ3n) is 2.44. The molecule has 0 saturated carbocycles. The van der Waals surface area contributed by atoms with Gasteiger partial charge in [-0.25, -0.2) is 17.2 Å². The van der Waals surface area contributed by atoms with E-state index in [4.69, 9.17) is 17.3 Å². The van der Waals surface area contributed by atoms with Gasteiger partial charge >= 0.3 is 0 Å². The lowest BCUT2D eigenvalue weighted by Crippen LogP contribution is -2.17. The number of rotatable bonds is 3. The molecule has 20 heavy (non-hydrogen) atoms. The smallest absolute Gasteiger partial charge is 0.266 e. The average molecular weight is 319 g/mol. The molecule has 4 nitrogen and oxygen atoms in total. The third kappa shape index (κ3) is 2.83. The van der Waals surface area contributed by atoms with Crippen molar-refractivity contribution < 1.29 is 17.2 Å². The van der Waals surface area contributed by atoms with Crippen molar-refractivity contribution >= 4 is 33.0 Å². The zero-order valence-electron chi connectivity index (χ0n) is 9.90. The lowest BCUT2D eigenvalue weighted by molar-refractivity contribution is 0.571. The number of hydrogen-bond acceptors (Lipinski definition) is 3. The van der Waals surface area contributed by atoms with Crippen LogP contribution in [-0.2, 0) is 10.0 Å². The zero-order chi connectivity index (χ0) is 14.9. The summed E-state index contributed by atoms with van der Waals surface area (Å²) in [5, 5.41) is 0.107. The van der Waals surface area contributed by atoms with Gasteiger partial charge in [-0.05, 0) is 30.3 Å². The van der Waals surface area contributed by atoms with Crippen molar-refractivity contribution in [1.29, 1.82) is 0 Å². The highest BCUT2D eigenvalue weighted by molar-refractivity contribution is 7.92. The Morgan fingerprint density at radius 3 is 2.40 bits per heavy atom. The monoisotopic (exact) mass is 318 g/mol. The van der Waals surface area contributed by atoms with Crippen LogP contribution in [0, 0.1) is 11.6 Å². The fraction of sp³-hybridized carbons (Fsp3) is 0. The van der Waals surface area contributed by atoms with Gasteiger partial charge in [-0.3, -0.25) is 4.72 Å². The predicted octanol–water partition coefficient (Wildman–Crippen LogP) is 3.00. The highest BCUT2D eigenvalue weighted by Crippen LogP contribution is 2.26. The van der Waals surface area contributed by atoms with E-state index in [1.54, 1.807) is 0 Å². The minimum absolute atomic E-state index is 0.107. The van der Waals surface area contributed by atoms with Gasteiger partial charge in [-0.15, -0.1) is 0 Å². The van der Waals surface area contributed by atoms with E-state index >= 15 is 0 Å². The van der Waals surface area contributed by atoms with Crippen molar-refractivity contribution in [2.45, 2.75) is 4.90 Å². The molecule has 0 bridgehead atoms. The summed E-state index contributed by atoms with van der Waals surface area (Å²) >= 11 is 5.56. The van der Waals surface area contributed by atoms with Crippen LogP contribution in [0.1, 0.15) is 0 Å². The molecule has 0 atom stereocenters. The van der Waals surface area contributed by atoms with Crippen LogP contribution in [0.3, 0.4) is 0 Å². The summed E-state index contributed by atoms with van der Waals surface area (Å²) in [6, 6.07) is 6.81. The molecular weight excluding hydrogens is 310 g/mol. The van der Waals surface area contributed by atoms with Crippen molar-refractivity contribution in [3.8, 4) is 0 Å². The van der Waals surface area contributed by atoms with Crippen molar-refractivity contribution in [2.75, 3.05) is 10.5 Å². The van der Waals surface area contributed by atoms with Gasteiger partial charge in [0.1, 0.15) is 16.5 Å². The molecule has 0 spiro atoms. The fourth-order valence-corrected chi connectivity index (χ4v) is 3.00. The van der Waals surface area contributed by atoms with Gasteiger partial charge in [-0.1, -0.05) is 17.7 Å². The third-order valence-corrected chi connectivity index (χ3v) is 4.13. The zero-order valence-corrected chi connectivity index (χ0v) is 11.5. The summed E-state index contributed by atoms with van der Waals surface area (Å²) in [5.74, 6) is -1.90. The van der Waals surface area contributed by atoms with Gasteiger partial charge in [0.05, 0.1) is 11.4 Å². The second-order valence-electron chi connectivity index (χ2n) is 3.89. The van der Waals surface area contributed by atoms with Gasteiger partial charge in [0.15, 0.2) is 0 Å². The molecule has 2 aromatic carbocycles. The van der Waals surface area contributed by atoms with Crippen LogP contribution in [0.5, 0.6) is 0 Å². The molecule has 8 heteroatoms. The quantitative estimate of drug-likeness (QED) is 0.854. The summed E-state index contributed by atoms with van der Waals surface area (Å²) in [7, 11) is -4.34. The van der Waals surface area contributed by atoms with Gasteiger partial charge in [-0.2, -0.15) is 0 Å². The van der Waals surface area contributed by atoms with Crippen LogP contribution in [-0.4, -0.2) is 8.42 Å². The number of hydrogen-bond donors (Lipinski definition) is 2. The van der Waals surface area contributed by atoms with E-state index in [9.17, 15) is 17.2 Å². The maximum absolute atomic E-state index is 13.6. The van der Waals surface area contributed by atoms with E-state index in [1.165, 1.54) is 18.2 Å². The summed E-state index contributed by atoms with van der Waals surface area (Å²) in [6.45, 7) is 0. The highest BCUT2D eigenvalue weighted by atomic mass is 35.5. The van der Waals surface area contributed by atoms with Crippen LogP contribution >= 0.6 is 11.6 Å². The van der Waals surface area contributed by atoms with Crippen LogP contribution in [0.25, 0.3) is 0 Å². The second kappa shape index (κ2) is 5.26. The van der Waals surface area contributed by atoms with E-state index < -0.39 is 26.6 Å². The van der Waals surface area contributed by atoms with E-state index in [1.807, 2.05) is 4.72 Å². The van der Waals surface area contributed by atoms with Crippen LogP contribution in [0.15, 0.2) is 41.3 Å². The van der Waals surface area contributed by atoms with Crippen molar-refractivity contribution in [2.24, 2.45) is 0 Å². The Labute approximate surface area is 119 Å². The van der Waals surface area contributed by atoms with Gasteiger partial charge in [0, 0.05) is 5.02 Å². The van der Waals surface area contributed by atoms with Crippen molar-refractivity contribution in [1.82, 2.24) is 0 Å². The Kier molecular flexibility index (Phi) is 3.82. The molecule has 0 heterocycles.